The standard InChI is InChI=1S/C17H22F2N2O3/c1-10(2)24-9-16(22)20-15-4-5-21(11(15)3)17(23)12-6-13(18)8-14(19)7-12/h6-8,10-11,15H,4-5,9H2,1-3H3,(H,20,22)/t11-,15-/m1/s1. The Labute approximate surface area is 140 Å². The second kappa shape index (κ2) is 7.70. The van der Waals surface area contributed by atoms with Gasteiger partial charge in [0.05, 0.1) is 12.1 Å². The summed E-state index contributed by atoms with van der Waals surface area (Å²) in [6.45, 7) is 5.85. The summed E-state index contributed by atoms with van der Waals surface area (Å²) < 4.78 is 31.8. The zero-order valence-electron chi connectivity index (χ0n) is 14.0. The number of halogens is 2. The van der Waals surface area contributed by atoms with Gasteiger partial charge in [-0.05, 0) is 39.3 Å². The molecule has 24 heavy (non-hydrogen) atoms. The van der Waals surface area contributed by atoms with E-state index in [0.29, 0.717) is 13.0 Å². The highest BCUT2D eigenvalue weighted by atomic mass is 19.1. The van der Waals surface area contributed by atoms with E-state index in [1.807, 2.05) is 13.8 Å². The van der Waals surface area contributed by atoms with Crippen LogP contribution in [0.15, 0.2) is 18.2 Å². The van der Waals surface area contributed by atoms with Gasteiger partial charge in [0.25, 0.3) is 5.91 Å². The second-order valence-electron chi connectivity index (χ2n) is 6.22. The molecule has 2 rings (SSSR count). The van der Waals surface area contributed by atoms with Gasteiger partial charge in [-0.3, -0.25) is 9.59 Å². The highest BCUT2D eigenvalue weighted by Gasteiger charge is 2.35. The molecule has 1 aromatic rings. The number of hydrogen-bond donors (Lipinski definition) is 1. The van der Waals surface area contributed by atoms with E-state index in [4.69, 9.17) is 4.74 Å². The summed E-state index contributed by atoms with van der Waals surface area (Å²) >= 11 is 0. The molecule has 1 saturated heterocycles. The lowest BCUT2D eigenvalue weighted by molar-refractivity contribution is -0.127. The zero-order chi connectivity index (χ0) is 17.9. The molecule has 5 nitrogen and oxygen atoms in total. The molecular weight excluding hydrogens is 318 g/mol. The fraction of sp³-hybridized carbons (Fsp3) is 0.529. The first-order valence-electron chi connectivity index (χ1n) is 7.96. The minimum Gasteiger partial charge on any atom is -0.369 e. The molecular formula is C17H22F2N2O3. The lowest BCUT2D eigenvalue weighted by Crippen LogP contribution is -2.46. The van der Waals surface area contributed by atoms with E-state index in [-0.39, 0.29) is 36.3 Å². The Hall–Kier alpha value is -2.02. The molecule has 1 aromatic carbocycles. The first-order chi connectivity index (χ1) is 11.3. The van der Waals surface area contributed by atoms with Gasteiger partial charge in [-0.25, -0.2) is 8.78 Å². The van der Waals surface area contributed by atoms with Crippen molar-refractivity contribution >= 4 is 11.8 Å². The van der Waals surface area contributed by atoms with Gasteiger partial charge in [0.15, 0.2) is 0 Å². The van der Waals surface area contributed by atoms with Crippen LogP contribution >= 0.6 is 0 Å². The summed E-state index contributed by atoms with van der Waals surface area (Å²) in [5, 5.41) is 2.84. The Balaban J connectivity index is 1.99. The molecule has 1 heterocycles. The van der Waals surface area contributed by atoms with Gasteiger partial charge in [0, 0.05) is 24.2 Å². The van der Waals surface area contributed by atoms with E-state index >= 15 is 0 Å². The fourth-order valence-corrected chi connectivity index (χ4v) is 2.75. The summed E-state index contributed by atoms with van der Waals surface area (Å²) in [4.78, 5) is 25.8. The van der Waals surface area contributed by atoms with E-state index in [2.05, 4.69) is 5.32 Å². The van der Waals surface area contributed by atoms with E-state index in [1.165, 1.54) is 4.90 Å². The van der Waals surface area contributed by atoms with Crippen LogP contribution in [-0.4, -0.2) is 48.1 Å². The lowest BCUT2D eigenvalue weighted by atomic mass is 10.1. The summed E-state index contributed by atoms with van der Waals surface area (Å²) in [7, 11) is 0. The van der Waals surface area contributed by atoms with Gasteiger partial charge in [0.2, 0.25) is 5.91 Å². The number of nitrogens with one attached hydrogen (secondary N) is 1. The molecule has 0 spiro atoms. The summed E-state index contributed by atoms with van der Waals surface area (Å²) in [5.74, 6) is -2.27. The summed E-state index contributed by atoms with van der Waals surface area (Å²) in [5.41, 5.74) is -0.0329. The van der Waals surface area contributed by atoms with Crippen molar-refractivity contribution in [3.63, 3.8) is 0 Å². The molecule has 132 valence electrons. The van der Waals surface area contributed by atoms with Crippen LogP contribution in [0.4, 0.5) is 8.78 Å². The van der Waals surface area contributed by atoms with Gasteiger partial charge < -0.3 is 15.0 Å². The third-order valence-electron chi connectivity index (χ3n) is 4.02. The Morgan fingerprint density at radius 3 is 2.50 bits per heavy atom. The molecule has 1 aliphatic heterocycles. The van der Waals surface area contributed by atoms with Gasteiger partial charge in [0.1, 0.15) is 18.2 Å². The fourth-order valence-electron chi connectivity index (χ4n) is 2.75. The smallest absolute Gasteiger partial charge is 0.254 e. The molecule has 0 radical (unpaired) electrons. The maximum absolute atomic E-state index is 13.3. The van der Waals surface area contributed by atoms with Crippen LogP contribution in [0.1, 0.15) is 37.6 Å². The highest BCUT2D eigenvalue weighted by molar-refractivity contribution is 5.94. The minimum atomic E-state index is -0.791. The maximum atomic E-state index is 13.3. The van der Waals surface area contributed by atoms with Gasteiger partial charge in [-0.1, -0.05) is 0 Å². The van der Waals surface area contributed by atoms with Crippen LogP contribution in [0.25, 0.3) is 0 Å². The monoisotopic (exact) mass is 340 g/mol. The van der Waals surface area contributed by atoms with Crippen LogP contribution in [-0.2, 0) is 9.53 Å². The van der Waals surface area contributed by atoms with Crippen LogP contribution in [0.2, 0.25) is 0 Å². The van der Waals surface area contributed by atoms with Crippen molar-refractivity contribution in [3.8, 4) is 0 Å². The van der Waals surface area contributed by atoms with Crippen LogP contribution in [0, 0.1) is 11.6 Å². The lowest BCUT2D eigenvalue weighted by Gasteiger charge is -2.25. The van der Waals surface area contributed by atoms with Gasteiger partial charge >= 0.3 is 0 Å². The molecule has 1 aliphatic rings. The zero-order valence-corrected chi connectivity index (χ0v) is 14.0. The maximum Gasteiger partial charge on any atom is 0.254 e. The molecule has 0 saturated carbocycles. The molecule has 1 N–H and O–H groups in total. The molecule has 2 atom stereocenters. The number of likely N-dealkylation sites (tertiary alicyclic amines) is 1. The quantitative estimate of drug-likeness (QED) is 0.893. The van der Waals surface area contributed by atoms with Crippen molar-refractivity contribution in [2.75, 3.05) is 13.2 Å². The van der Waals surface area contributed by atoms with E-state index in [9.17, 15) is 18.4 Å². The highest BCUT2D eigenvalue weighted by Crippen LogP contribution is 2.21. The first-order valence-corrected chi connectivity index (χ1v) is 7.96. The van der Waals surface area contributed by atoms with Crippen LogP contribution in [0.3, 0.4) is 0 Å². The second-order valence-corrected chi connectivity index (χ2v) is 6.22. The largest absolute Gasteiger partial charge is 0.369 e. The molecule has 7 heteroatoms. The topological polar surface area (TPSA) is 58.6 Å². The van der Waals surface area contributed by atoms with E-state index < -0.39 is 17.5 Å². The number of hydrogen-bond acceptors (Lipinski definition) is 3. The number of ether oxygens (including phenoxy) is 1. The van der Waals surface area contributed by atoms with Crippen molar-refractivity contribution in [2.45, 2.75) is 45.4 Å². The van der Waals surface area contributed by atoms with Crippen molar-refractivity contribution in [3.05, 3.63) is 35.4 Å². The normalized spacial score (nSPS) is 20.5. The summed E-state index contributed by atoms with van der Waals surface area (Å²) in [6, 6.07) is 2.27. The van der Waals surface area contributed by atoms with Crippen LogP contribution < -0.4 is 5.32 Å². The Morgan fingerprint density at radius 1 is 1.29 bits per heavy atom. The average molecular weight is 340 g/mol. The molecule has 0 unspecified atom stereocenters. The predicted octanol–water partition coefficient (Wildman–Crippen LogP) is 2.11. The van der Waals surface area contributed by atoms with Crippen LogP contribution in [0.5, 0.6) is 0 Å². The molecule has 2 amide bonds. The molecule has 0 bridgehead atoms. The number of carbonyl (C=O) groups excluding carboxylic acids is 2. The molecule has 0 aliphatic carbocycles. The Bertz CT molecular complexity index is 602. The SMILES string of the molecule is CC(C)OCC(=O)N[C@@H]1CCN(C(=O)c2cc(F)cc(F)c2)[C@@H]1C. The third kappa shape index (κ3) is 4.50. The number of nitrogens with zero attached hydrogens (tertiary/aromatic N) is 1. The van der Waals surface area contributed by atoms with E-state index in [1.54, 1.807) is 6.92 Å². The Kier molecular flexibility index (Phi) is 5.88. The van der Waals surface area contributed by atoms with Crippen molar-refractivity contribution < 1.29 is 23.1 Å². The number of rotatable bonds is 5. The number of amides is 2. The summed E-state index contributed by atoms with van der Waals surface area (Å²) in [6.07, 6.45) is 0.538. The molecule has 1 fully saturated rings. The van der Waals surface area contributed by atoms with Crippen molar-refractivity contribution in [1.29, 1.82) is 0 Å². The average Bonchev–Trinajstić information content (AvgIpc) is 2.84. The predicted molar refractivity (Wildman–Crippen MR) is 84.5 cm³/mol. The van der Waals surface area contributed by atoms with Gasteiger partial charge in [-0.2, -0.15) is 0 Å². The third-order valence-corrected chi connectivity index (χ3v) is 4.02. The van der Waals surface area contributed by atoms with Gasteiger partial charge in [-0.15, -0.1) is 0 Å². The minimum absolute atomic E-state index is 0.0329. The Morgan fingerprint density at radius 2 is 1.92 bits per heavy atom. The first kappa shape index (κ1) is 18.3. The van der Waals surface area contributed by atoms with Crippen molar-refractivity contribution in [1.82, 2.24) is 10.2 Å². The van der Waals surface area contributed by atoms with E-state index in [0.717, 1.165) is 18.2 Å². The molecule has 0 aromatic heterocycles. The number of benzene rings is 1. The van der Waals surface area contributed by atoms with Crippen molar-refractivity contribution in [2.24, 2.45) is 0 Å². The number of carbonyl (C=O) groups is 2.